The second-order valence-electron chi connectivity index (χ2n) is 11.4. The smallest absolute Gasteiger partial charge is 0.410 e. The average molecular weight is 689 g/mol. The second kappa shape index (κ2) is 16.0. The van der Waals surface area contributed by atoms with Gasteiger partial charge in [-0.2, -0.15) is 10.2 Å². The lowest BCUT2D eigenvalue weighted by Crippen LogP contribution is -2.50. The Balaban J connectivity index is 0.000000246. The largest absolute Gasteiger partial charge is 0.461 e. The van der Waals surface area contributed by atoms with Gasteiger partial charge in [-0.15, -0.1) is 0 Å². The van der Waals surface area contributed by atoms with Crippen LogP contribution in [0.3, 0.4) is 0 Å². The number of hydrogen-bond acceptors (Lipinski definition) is 13. The molecule has 0 aromatic carbocycles. The number of piperazine rings is 1. The molecule has 4 aromatic rings. The highest BCUT2D eigenvalue weighted by Gasteiger charge is 2.29. The van der Waals surface area contributed by atoms with E-state index in [4.69, 9.17) is 35.3 Å². The molecule has 5 rings (SSSR count). The van der Waals surface area contributed by atoms with E-state index in [2.05, 4.69) is 25.1 Å². The van der Waals surface area contributed by atoms with Crippen LogP contribution in [0.1, 0.15) is 55.6 Å². The molecular formula is C31H41ClN8O8. The van der Waals surface area contributed by atoms with Gasteiger partial charge in [0, 0.05) is 52.8 Å². The van der Waals surface area contributed by atoms with E-state index in [1.54, 1.807) is 42.8 Å². The molecule has 0 unspecified atom stereocenters. The second-order valence-corrected chi connectivity index (χ2v) is 11.9. The molecule has 4 aromatic heterocycles. The number of hydrogen-bond donors (Lipinski definition) is 0. The van der Waals surface area contributed by atoms with Crippen LogP contribution in [-0.2, 0) is 37.1 Å². The van der Waals surface area contributed by atoms with Crippen molar-refractivity contribution in [2.45, 2.75) is 53.7 Å². The Kier molecular flexibility index (Phi) is 12.1. The Labute approximate surface area is 282 Å². The van der Waals surface area contributed by atoms with Crippen LogP contribution < -0.4 is 4.90 Å². The third-order valence-corrected chi connectivity index (χ3v) is 7.20. The van der Waals surface area contributed by atoms with E-state index < -0.39 is 17.5 Å². The minimum Gasteiger partial charge on any atom is -0.461 e. The van der Waals surface area contributed by atoms with E-state index in [0.29, 0.717) is 53.3 Å². The van der Waals surface area contributed by atoms with Crippen LogP contribution in [0.15, 0.2) is 24.5 Å². The van der Waals surface area contributed by atoms with Crippen molar-refractivity contribution in [3.05, 3.63) is 40.9 Å². The number of methoxy groups -OCH3 is 2. The maximum atomic E-state index is 12.3. The van der Waals surface area contributed by atoms with E-state index in [9.17, 15) is 14.4 Å². The minimum absolute atomic E-state index is 0.145. The Morgan fingerprint density at radius 2 is 1.29 bits per heavy atom. The zero-order chi connectivity index (χ0) is 35.0. The predicted molar refractivity (Wildman–Crippen MR) is 176 cm³/mol. The number of aromatic nitrogens is 6. The van der Waals surface area contributed by atoms with Gasteiger partial charge in [0.25, 0.3) is 0 Å². The first-order chi connectivity index (χ1) is 22.9. The molecule has 260 valence electrons. The van der Waals surface area contributed by atoms with E-state index in [1.807, 2.05) is 26.8 Å². The Bertz CT molecular complexity index is 1740. The molecule has 0 N–H and O–H groups in total. The summed E-state index contributed by atoms with van der Waals surface area (Å²) in [6.45, 7) is 12.2. The van der Waals surface area contributed by atoms with Crippen LogP contribution in [0, 0.1) is 0 Å². The van der Waals surface area contributed by atoms with Gasteiger partial charge in [0.15, 0.2) is 11.4 Å². The lowest BCUT2D eigenvalue weighted by molar-refractivity contribution is 0.0240. The number of halogens is 1. The lowest BCUT2D eigenvalue weighted by Gasteiger charge is -2.37. The van der Waals surface area contributed by atoms with Crippen molar-refractivity contribution in [1.82, 2.24) is 34.4 Å². The van der Waals surface area contributed by atoms with Crippen molar-refractivity contribution >= 4 is 57.4 Å². The van der Waals surface area contributed by atoms with E-state index in [-0.39, 0.29) is 44.2 Å². The number of rotatable bonds is 9. The monoisotopic (exact) mass is 688 g/mol. The highest BCUT2D eigenvalue weighted by molar-refractivity contribution is 6.35. The highest BCUT2D eigenvalue weighted by Crippen LogP contribution is 2.29. The summed E-state index contributed by atoms with van der Waals surface area (Å²) in [5.74, 6) is -1.04. The summed E-state index contributed by atoms with van der Waals surface area (Å²) in [5.41, 5.74) is 2.81. The van der Waals surface area contributed by atoms with Crippen LogP contribution in [0.25, 0.3) is 22.1 Å². The first-order valence-electron chi connectivity index (χ1n) is 15.3. The summed E-state index contributed by atoms with van der Waals surface area (Å²) < 4.78 is 28.9. The number of fused-ring (bicyclic) bond motifs is 2. The van der Waals surface area contributed by atoms with Gasteiger partial charge in [-0.1, -0.05) is 11.6 Å². The molecule has 1 aliphatic heterocycles. The lowest BCUT2D eigenvalue weighted by atomic mass is 10.2. The molecule has 16 nitrogen and oxygen atoms in total. The number of anilines is 1. The Morgan fingerprint density at radius 1 is 0.792 bits per heavy atom. The van der Waals surface area contributed by atoms with Crippen LogP contribution in [0.2, 0.25) is 5.02 Å². The standard InChI is InChI=1S/C20H29N5O5.C11H12ClN3O3/c1-6-29-18(26)16-15-17(25(22-16)13-28-5)14(7-8-21-15)23-9-11-24(12-10-23)19(27)30-20(2,3)4;1-3-18-11(16)9-8-10(7(12)4-5-13-8)15(14-9)6-17-2/h7-8H,6,9-13H2,1-5H3;4-5H,3,6H2,1-2H3. The van der Waals surface area contributed by atoms with E-state index >= 15 is 0 Å². The first-order valence-corrected chi connectivity index (χ1v) is 15.7. The fourth-order valence-corrected chi connectivity index (χ4v) is 5.22. The summed E-state index contributed by atoms with van der Waals surface area (Å²) in [5, 5.41) is 8.97. The number of esters is 2. The van der Waals surface area contributed by atoms with Crippen LogP contribution in [-0.4, -0.2) is 112 Å². The minimum atomic E-state index is -0.526. The number of carbonyl (C=O) groups is 3. The maximum absolute atomic E-state index is 12.3. The quantitative estimate of drug-likeness (QED) is 0.182. The van der Waals surface area contributed by atoms with Crippen molar-refractivity contribution in [1.29, 1.82) is 0 Å². The molecular weight excluding hydrogens is 648 g/mol. The molecule has 1 fully saturated rings. The van der Waals surface area contributed by atoms with Crippen LogP contribution in [0.4, 0.5) is 10.5 Å². The fraction of sp³-hybridized carbons (Fsp3) is 0.516. The third kappa shape index (κ3) is 8.29. The molecule has 48 heavy (non-hydrogen) atoms. The van der Waals surface area contributed by atoms with Crippen molar-refractivity contribution in [3.63, 3.8) is 0 Å². The van der Waals surface area contributed by atoms with Crippen molar-refractivity contribution in [3.8, 4) is 0 Å². The number of nitrogens with zero attached hydrogens (tertiary/aromatic N) is 8. The van der Waals surface area contributed by atoms with Crippen LogP contribution >= 0.6 is 11.6 Å². The summed E-state index contributed by atoms with van der Waals surface area (Å²) >= 11 is 6.08. The molecule has 1 saturated heterocycles. The van der Waals surface area contributed by atoms with Gasteiger partial charge >= 0.3 is 18.0 Å². The summed E-state index contributed by atoms with van der Waals surface area (Å²) in [6.07, 6.45) is 2.86. The topological polar surface area (TPSA) is 165 Å². The van der Waals surface area contributed by atoms with Gasteiger partial charge in [-0.3, -0.25) is 9.97 Å². The number of ether oxygens (including phenoxy) is 5. The molecule has 5 heterocycles. The Hall–Kier alpha value is -4.54. The molecule has 1 amide bonds. The van der Waals surface area contributed by atoms with Gasteiger partial charge in [-0.25, -0.2) is 23.7 Å². The normalized spacial score (nSPS) is 13.3. The summed E-state index contributed by atoms with van der Waals surface area (Å²) in [6, 6.07) is 3.51. The molecule has 0 saturated carbocycles. The molecule has 1 aliphatic rings. The average Bonchev–Trinajstić information content (AvgIpc) is 3.61. The molecule has 0 spiro atoms. The molecule has 0 aliphatic carbocycles. The fourth-order valence-electron chi connectivity index (χ4n) is 4.97. The molecule has 17 heteroatoms. The molecule has 0 radical (unpaired) electrons. The molecule has 0 bridgehead atoms. The van der Waals surface area contributed by atoms with Crippen molar-refractivity contribution < 1.29 is 38.1 Å². The number of pyridine rings is 2. The van der Waals surface area contributed by atoms with Crippen LogP contribution in [0.5, 0.6) is 0 Å². The maximum Gasteiger partial charge on any atom is 0.410 e. The number of amides is 1. The van der Waals surface area contributed by atoms with E-state index in [0.717, 1.165) is 5.69 Å². The van der Waals surface area contributed by atoms with Gasteiger partial charge in [-0.05, 0) is 46.8 Å². The van der Waals surface area contributed by atoms with Gasteiger partial charge in [0.1, 0.15) is 41.1 Å². The molecule has 0 atom stereocenters. The summed E-state index contributed by atoms with van der Waals surface area (Å²) in [7, 11) is 3.09. The predicted octanol–water partition coefficient (Wildman–Crippen LogP) is 4.13. The Morgan fingerprint density at radius 3 is 1.79 bits per heavy atom. The highest BCUT2D eigenvalue weighted by atomic mass is 35.5. The third-order valence-electron chi connectivity index (χ3n) is 6.90. The van der Waals surface area contributed by atoms with E-state index in [1.165, 1.54) is 18.0 Å². The number of carbonyl (C=O) groups excluding carboxylic acids is 3. The van der Waals surface area contributed by atoms with Crippen molar-refractivity contribution in [2.75, 3.05) is 58.5 Å². The first kappa shape index (κ1) is 36.3. The zero-order valence-electron chi connectivity index (χ0n) is 28.2. The summed E-state index contributed by atoms with van der Waals surface area (Å²) in [4.78, 5) is 48.8. The van der Waals surface area contributed by atoms with Gasteiger partial charge in [0.2, 0.25) is 0 Å². The SMILES string of the molecule is CCOC(=O)c1nn(COC)c2c(Cl)ccnc12.CCOC(=O)c1nn(COC)c2c(N3CCN(C(=O)OC(C)(C)C)CC3)ccnc12. The van der Waals surface area contributed by atoms with Gasteiger partial charge in [0.05, 0.1) is 23.9 Å². The van der Waals surface area contributed by atoms with Gasteiger partial charge < -0.3 is 33.5 Å². The van der Waals surface area contributed by atoms with Crippen molar-refractivity contribution in [2.24, 2.45) is 0 Å². The zero-order valence-corrected chi connectivity index (χ0v) is 28.9.